The first-order valence-corrected chi connectivity index (χ1v) is 9.87. The molecule has 138 valence electrons. The molecule has 6 heteroatoms. The maximum Gasteiger partial charge on any atom is 0.190 e. The van der Waals surface area contributed by atoms with Crippen molar-refractivity contribution < 1.29 is 0 Å². The van der Waals surface area contributed by atoms with Gasteiger partial charge in [0.2, 0.25) is 0 Å². The summed E-state index contributed by atoms with van der Waals surface area (Å²) in [6.45, 7) is 3.04. The van der Waals surface area contributed by atoms with Gasteiger partial charge >= 0.3 is 0 Å². The summed E-state index contributed by atoms with van der Waals surface area (Å²) in [5.41, 5.74) is 1.28. The highest BCUT2D eigenvalue weighted by Crippen LogP contribution is 2.11. The summed E-state index contributed by atoms with van der Waals surface area (Å²) in [5.74, 6) is 2.16. The van der Waals surface area contributed by atoms with Crippen LogP contribution in [0.4, 0.5) is 5.69 Å². The van der Waals surface area contributed by atoms with Gasteiger partial charge in [0, 0.05) is 39.4 Å². The lowest BCUT2D eigenvalue weighted by molar-refractivity contribution is 0.679. The summed E-state index contributed by atoms with van der Waals surface area (Å²) >= 11 is 1.91. The van der Waals surface area contributed by atoms with E-state index in [1.807, 2.05) is 18.8 Å². The second-order valence-corrected chi connectivity index (χ2v) is 6.58. The summed E-state index contributed by atoms with van der Waals surface area (Å²) < 4.78 is 0. The average Bonchev–Trinajstić information content (AvgIpc) is 2.60. The van der Waals surface area contributed by atoms with Gasteiger partial charge in [-0.2, -0.15) is 11.8 Å². The number of unbranched alkanes of at least 4 members (excludes halogenated alkanes) is 2. The van der Waals surface area contributed by atoms with Gasteiger partial charge in [-0.15, -0.1) is 24.0 Å². The van der Waals surface area contributed by atoms with Crippen LogP contribution in [-0.2, 0) is 0 Å². The van der Waals surface area contributed by atoms with E-state index in [1.54, 1.807) is 0 Å². The van der Waals surface area contributed by atoms with Gasteiger partial charge in [-0.1, -0.05) is 18.2 Å². The van der Waals surface area contributed by atoms with E-state index in [9.17, 15) is 0 Å². The Morgan fingerprint density at radius 2 is 1.67 bits per heavy atom. The second-order valence-electron chi connectivity index (χ2n) is 5.59. The third kappa shape index (κ3) is 11.0. The third-order valence-electron chi connectivity index (χ3n) is 3.70. The minimum absolute atomic E-state index is 0. The topological polar surface area (TPSA) is 39.7 Å². The molecule has 0 heterocycles. The number of para-hydroxylation sites is 1. The number of hydrogen-bond donors (Lipinski definition) is 2. The maximum atomic E-state index is 4.26. The van der Waals surface area contributed by atoms with Gasteiger partial charge in [0.05, 0.1) is 0 Å². The van der Waals surface area contributed by atoms with E-state index in [0.717, 1.165) is 32.0 Å². The molecule has 0 atom stereocenters. The molecule has 4 nitrogen and oxygen atoms in total. The monoisotopic (exact) mass is 464 g/mol. The number of nitrogens with zero attached hydrogens (tertiary/aromatic N) is 2. The number of anilines is 1. The van der Waals surface area contributed by atoms with E-state index < -0.39 is 0 Å². The first-order valence-electron chi connectivity index (χ1n) is 8.47. The minimum Gasteiger partial charge on any atom is -0.375 e. The van der Waals surface area contributed by atoms with E-state index in [0.29, 0.717) is 0 Å². The summed E-state index contributed by atoms with van der Waals surface area (Å²) in [6, 6.07) is 10.5. The molecule has 0 saturated carbocycles. The number of aliphatic imine (C=N–C) groups is 1. The minimum atomic E-state index is 0. The molecule has 0 fully saturated rings. The second kappa shape index (κ2) is 15.9. The predicted molar refractivity (Wildman–Crippen MR) is 121 cm³/mol. The molecule has 0 spiro atoms. The van der Waals surface area contributed by atoms with E-state index in [4.69, 9.17) is 0 Å². The zero-order valence-electron chi connectivity index (χ0n) is 15.3. The number of halogens is 1. The number of hydrogen-bond acceptors (Lipinski definition) is 3. The van der Waals surface area contributed by atoms with Gasteiger partial charge in [-0.05, 0) is 49.8 Å². The molecule has 0 aromatic heterocycles. The Labute approximate surface area is 169 Å². The van der Waals surface area contributed by atoms with Crippen molar-refractivity contribution in [3.05, 3.63) is 30.3 Å². The van der Waals surface area contributed by atoms with Crippen LogP contribution in [0.1, 0.15) is 25.7 Å². The normalized spacial score (nSPS) is 10.9. The van der Waals surface area contributed by atoms with Crippen LogP contribution < -0.4 is 15.5 Å². The van der Waals surface area contributed by atoms with Crippen molar-refractivity contribution in [2.24, 2.45) is 4.99 Å². The lowest BCUT2D eigenvalue weighted by Crippen LogP contribution is -2.38. The lowest BCUT2D eigenvalue weighted by atomic mass is 10.2. The first-order chi connectivity index (χ1) is 11.3. The van der Waals surface area contributed by atoms with Gasteiger partial charge in [0.1, 0.15) is 0 Å². The highest BCUT2D eigenvalue weighted by molar-refractivity contribution is 14.0. The summed E-state index contributed by atoms with van der Waals surface area (Å²) in [7, 11) is 3.98. The highest BCUT2D eigenvalue weighted by atomic mass is 127. The Morgan fingerprint density at radius 3 is 2.25 bits per heavy atom. The molecule has 0 radical (unpaired) electrons. The predicted octanol–water partition coefficient (Wildman–Crippen LogP) is 3.83. The molecule has 1 aromatic carbocycles. The maximum absolute atomic E-state index is 4.26. The van der Waals surface area contributed by atoms with Crippen molar-refractivity contribution in [3.63, 3.8) is 0 Å². The average molecular weight is 464 g/mol. The Kier molecular flexibility index (Phi) is 15.5. The molecule has 0 aliphatic carbocycles. The van der Waals surface area contributed by atoms with Crippen LogP contribution >= 0.6 is 35.7 Å². The Morgan fingerprint density at radius 1 is 1.04 bits per heavy atom. The number of thioether (sulfide) groups is 1. The third-order valence-corrected chi connectivity index (χ3v) is 4.40. The zero-order chi connectivity index (χ0) is 16.8. The lowest BCUT2D eigenvalue weighted by Gasteiger charge is -2.19. The fourth-order valence-corrected chi connectivity index (χ4v) is 2.78. The van der Waals surface area contributed by atoms with Gasteiger partial charge in [-0.25, -0.2) is 0 Å². The van der Waals surface area contributed by atoms with Gasteiger partial charge < -0.3 is 15.5 Å². The largest absolute Gasteiger partial charge is 0.375 e. The van der Waals surface area contributed by atoms with Crippen molar-refractivity contribution in [2.75, 3.05) is 50.6 Å². The van der Waals surface area contributed by atoms with Crippen molar-refractivity contribution in [2.45, 2.75) is 25.7 Å². The number of nitrogens with one attached hydrogen (secondary N) is 2. The molecule has 0 bridgehead atoms. The molecular weight excluding hydrogens is 431 g/mol. The molecule has 24 heavy (non-hydrogen) atoms. The molecule has 1 aromatic rings. The molecule has 0 amide bonds. The van der Waals surface area contributed by atoms with Crippen molar-refractivity contribution >= 4 is 47.4 Å². The van der Waals surface area contributed by atoms with E-state index in [1.165, 1.54) is 30.7 Å². The Balaban J connectivity index is 0.00000529. The summed E-state index contributed by atoms with van der Waals surface area (Å²) in [4.78, 5) is 6.57. The van der Waals surface area contributed by atoms with Crippen LogP contribution in [0.2, 0.25) is 0 Å². The molecule has 2 N–H and O–H groups in total. The fourth-order valence-electron chi connectivity index (χ4n) is 2.29. The fraction of sp³-hybridized carbons (Fsp3) is 0.611. The van der Waals surface area contributed by atoms with Crippen LogP contribution in [0.15, 0.2) is 35.3 Å². The van der Waals surface area contributed by atoms with Gasteiger partial charge in [0.15, 0.2) is 5.96 Å². The van der Waals surface area contributed by atoms with E-state index in [2.05, 4.69) is 64.2 Å². The molecule has 1 rings (SSSR count). The van der Waals surface area contributed by atoms with Crippen LogP contribution in [0.25, 0.3) is 0 Å². The molecule has 0 aliphatic rings. The Bertz CT molecular complexity index is 428. The van der Waals surface area contributed by atoms with Crippen LogP contribution in [0, 0.1) is 0 Å². The smallest absolute Gasteiger partial charge is 0.190 e. The van der Waals surface area contributed by atoms with Crippen molar-refractivity contribution in [1.29, 1.82) is 0 Å². The molecule has 0 unspecified atom stereocenters. The SMILES string of the molecule is CN=C(NCCCCSC)NCCCCN(C)c1ccccc1.I. The number of guanidine groups is 1. The van der Waals surface area contributed by atoms with E-state index >= 15 is 0 Å². The van der Waals surface area contributed by atoms with Gasteiger partial charge in [-0.3, -0.25) is 4.99 Å². The standard InChI is InChI=1S/C18H32N4S.HI/c1-19-18(21-14-8-10-16-23-3)20-13-7-9-15-22(2)17-11-5-4-6-12-17;/h4-6,11-12H,7-10,13-16H2,1-3H3,(H2,19,20,21);1H. The van der Waals surface area contributed by atoms with Gasteiger partial charge in [0.25, 0.3) is 0 Å². The number of benzene rings is 1. The summed E-state index contributed by atoms with van der Waals surface area (Å²) in [5, 5.41) is 6.76. The number of rotatable bonds is 11. The Hall–Kier alpha value is -0.630. The summed E-state index contributed by atoms with van der Waals surface area (Å²) in [6.07, 6.45) is 6.93. The van der Waals surface area contributed by atoms with E-state index in [-0.39, 0.29) is 24.0 Å². The van der Waals surface area contributed by atoms with Crippen LogP contribution in [0.5, 0.6) is 0 Å². The molecule has 0 saturated heterocycles. The highest BCUT2D eigenvalue weighted by Gasteiger charge is 2.00. The van der Waals surface area contributed by atoms with Crippen LogP contribution in [0.3, 0.4) is 0 Å². The quantitative estimate of drug-likeness (QED) is 0.226. The van der Waals surface area contributed by atoms with Crippen molar-refractivity contribution in [1.82, 2.24) is 10.6 Å². The van der Waals surface area contributed by atoms with Crippen LogP contribution in [-0.4, -0.2) is 51.7 Å². The molecular formula is C18H33IN4S. The zero-order valence-corrected chi connectivity index (χ0v) is 18.4. The first kappa shape index (κ1) is 23.4. The molecule has 0 aliphatic heterocycles. The van der Waals surface area contributed by atoms with Crippen molar-refractivity contribution in [3.8, 4) is 0 Å².